The van der Waals surface area contributed by atoms with Crippen molar-refractivity contribution in [3.05, 3.63) is 59.7 Å². The summed E-state index contributed by atoms with van der Waals surface area (Å²) in [5, 5.41) is 5.53. The molecule has 7 nitrogen and oxygen atoms in total. The van der Waals surface area contributed by atoms with E-state index < -0.39 is 10.0 Å². The third-order valence-corrected chi connectivity index (χ3v) is 6.92. The van der Waals surface area contributed by atoms with Crippen LogP contribution in [0, 0.1) is 0 Å². The minimum Gasteiger partial charge on any atom is -0.352 e. The topological polar surface area (TPSA) is 95.6 Å². The van der Waals surface area contributed by atoms with Crippen molar-refractivity contribution in [1.82, 2.24) is 9.62 Å². The first kappa shape index (κ1) is 22.0. The predicted molar refractivity (Wildman–Crippen MR) is 115 cm³/mol. The van der Waals surface area contributed by atoms with E-state index in [9.17, 15) is 18.0 Å². The average molecular weight is 430 g/mol. The molecule has 30 heavy (non-hydrogen) atoms. The molecule has 2 aromatic carbocycles. The molecule has 1 aliphatic heterocycles. The van der Waals surface area contributed by atoms with E-state index in [4.69, 9.17) is 0 Å². The van der Waals surface area contributed by atoms with Gasteiger partial charge < -0.3 is 10.6 Å². The van der Waals surface area contributed by atoms with Crippen LogP contribution >= 0.6 is 0 Å². The first-order valence-electron chi connectivity index (χ1n) is 10.1. The number of nitrogens with one attached hydrogen (secondary N) is 2. The summed E-state index contributed by atoms with van der Waals surface area (Å²) in [5.41, 5.74) is 2.36. The fourth-order valence-corrected chi connectivity index (χ4v) is 4.91. The number of carbonyl (C=O) groups excluding carboxylic acids is 2. The van der Waals surface area contributed by atoms with Gasteiger partial charge in [-0.2, -0.15) is 4.31 Å². The van der Waals surface area contributed by atoms with Crippen LogP contribution in [0.1, 0.15) is 37.3 Å². The van der Waals surface area contributed by atoms with Gasteiger partial charge in [-0.25, -0.2) is 8.42 Å². The van der Waals surface area contributed by atoms with Crippen LogP contribution in [0.2, 0.25) is 0 Å². The van der Waals surface area contributed by atoms with E-state index in [0.29, 0.717) is 30.2 Å². The van der Waals surface area contributed by atoms with E-state index in [-0.39, 0.29) is 18.2 Å². The molecule has 1 fully saturated rings. The van der Waals surface area contributed by atoms with E-state index in [1.807, 2.05) is 0 Å². The standard InChI is InChI=1S/C22H27N3O4S/c1-17(26)24-20-9-5-18(6-10-20)15-22(27)23-16-19-7-11-21(12-8-19)30(28,29)25-13-3-2-4-14-25/h5-12H,2-4,13-16H2,1H3,(H,23,27)(H,24,26). The van der Waals surface area contributed by atoms with Crippen LogP contribution in [-0.2, 0) is 32.6 Å². The number of hydrogen-bond donors (Lipinski definition) is 2. The number of amides is 2. The van der Waals surface area contributed by atoms with Crippen molar-refractivity contribution >= 4 is 27.5 Å². The van der Waals surface area contributed by atoms with Crippen LogP contribution in [0.25, 0.3) is 0 Å². The van der Waals surface area contributed by atoms with E-state index in [2.05, 4.69) is 10.6 Å². The maximum absolute atomic E-state index is 12.7. The van der Waals surface area contributed by atoms with Gasteiger partial charge in [0.05, 0.1) is 11.3 Å². The summed E-state index contributed by atoms with van der Waals surface area (Å²) < 4.78 is 26.9. The number of sulfonamides is 1. The molecule has 0 bridgehead atoms. The monoisotopic (exact) mass is 429 g/mol. The van der Waals surface area contributed by atoms with Crippen molar-refractivity contribution in [3.8, 4) is 0 Å². The van der Waals surface area contributed by atoms with Crippen LogP contribution in [0.3, 0.4) is 0 Å². The first-order chi connectivity index (χ1) is 14.3. The smallest absolute Gasteiger partial charge is 0.243 e. The van der Waals surface area contributed by atoms with Crippen molar-refractivity contribution < 1.29 is 18.0 Å². The van der Waals surface area contributed by atoms with Gasteiger partial charge in [0.25, 0.3) is 0 Å². The molecule has 2 N–H and O–H groups in total. The molecular formula is C22H27N3O4S. The lowest BCUT2D eigenvalue weighted by Crippen LogP contribution is -2.35. The number of rotatable bonds is 7. The molecule has 0 unspecified atom stereocenters. The Morgan fingerprint density at radius 2 is 1.50 bits per heavy atom. The van der Waals surface area contributed by atoms with E-state index in [1.54, 1.807) is 52.8 Å². The van der Waals surface area contributed by atoms with Crippen molar-refractivity contribution in [2.24, 2.45) is 0 Å². The van der Waals surface area contributed by atoms with Gasteiger partial charge in [-0.15, -0.1) is 0 Å². The van der Waals surface area contributed by atoms with Crippen molar-refractivity contribution in [2.75, 3.05) is 18.4 Å². The number of benzene rings is 2. The van der Waals surface area contributed by atoms with Gasteiger partial charge >= 0.3 is 0 Å². The molecule has 0 aliphatic carbocycles. The Labute approximate surface area is 177 Å². The second-order valence-electron chi connectivity index (χ2n) is 7.44. The summed E-state index contributed by atoms with van der Waals surface area (Å²) in [7, 11) is -3.44. The summed E-state index contributed by atoms with van der Waals surface area (Å²) in [6.45, 7) is 2.92. The summed E-state index contributed by atoms with van der Waals surface area (Å²) in [6.07, 6.45) is 3.10. The highest BCUT2D eigenvalue weighted by molar-refractivity contribution is 7.89. The summed E-state index contributed by atoms with van der Waals surface area (Å²) in [4.78, 5) is 23.5. The highest BCUT2D eigenvalue weighted by atomic mass is 32.2. The van der Waals surface area contributed by atoms with Gasteiger partial charge in [0.2, 0.25) is 21.8 Å². The van der Waals surface area contributed by atoms with Crippen LogP contribution < -0.4 is 10.6 Å². The second kappa shape index (κ2) is 9.86. The molecule has 0 atom stereocenters. The Hall–Kier alpha value is -2.71. The van der Waals surface area contributed by atoms with E-state index in [1.165, 1.54) is 6.92 Å². The fraction of sp³-hybridized carbons (Fsp3) is 0.364. The van der Waals surface area contributed by atoms with Gasteiger partial charge in [-0.3, -0.25) is 9.59 Å². The number of anilines is 1. The van der Waals surface area contributed by atoms with Gasteiger partial charge in [0.15, 0.2) is 0 Å². The molecule has 1 aliphatic rings. The Morgan fingerprint density at radius 1 is 0.900 bits per heavy atom. The van der Waals surface area contributed by atoms with Crippen LogP contribution in [0.15, 0.2) is 53.4 Å². The Balaban J connectivity index is 1.52. The predicted octanol–water partition coefficient (Wildman–Crippen LogP) is 2.68. The molecule has 2 aromatic rings. The fourth-order valence-electron chi connectivity index (χ4n) is 3.39. The molecule has 0 radical (unpaired) electrons. The zero-order valence-corrected chi connectivity index (χ0v) is 17.9. The Kier molecular flexibility index (Phi) is 7.23. The second-order valence-corrected chi connectivity index (χ2v) is 9.38. The Morgan fingerprint density at radius 3 is 2.10 bits per heavy atom. The molecule has 8 heteroatoms. The van der Waals surface area contributed by atoms with Crippen LogP contribution in [-0.4, -0.2) is 37.6 Å². The molecule has 1 heterocycles. The highest BCUT2D eigenvalue weighted by Gasteiger charge is 2.25. The Bertz CT molecular complexity index is 980. The summed E-state index contributed by atoms with van der Waals surface area (Å²) in [6, 6.07) is 13.8. The molecule has 1 saturated heterocycles. The lowest BCUT2D eigenvalue weighted by molar-refractivity contribution is -0.120. The average Bonchev–Trinajstić information content (AvgIpc) is 2.74. The molecule has 2 amide bonds. The zero-order chi connectivity index (χ0) is 21.6. The first-order valence-corrected chi connectivity index (χ1v) is 11.5. The third kappa shape index (κ3) is 5.90. The molecule has 0 saturated carbocycles. The molecule has 3 rings (SSSR count). The van der Waals surface area contributed by atoms with Gasteiger partial charge in [0.1, 0.15) is 0 Å². The molecule has 0 spiro atoms. The largest absolute Gasteiger partial charge is 0.352 e. The number of piperidine rings is 1. The highest BCUT2D eigenvalue weighted by Crippen LogP contribution is 2.20. The van der Waals surface area contributed by atoms with Crippen LogP contribution in [0.5, 0.6) is 0 Å². The van der Waals surface area contributed by atoms with Gasteiger partial charge in [-0.05, 0) is 48.2 Å². The molecular weight excluding hydrogens is 402 g/mol. The minimum absolute atomic E-state index is 0.132. The van der Waals surface area contributed by atoms with Crippen molar-refractivity contribution in [1.29, 1.82) is 0 Å². The lowest BCUT2D eigenvalue weighted by atomic mass is 10.1. The summed E-state index contributed by atoms with van der Waals surface area (Å²) >= 11 is 0. The van der Waals surface area contributed by atoms with Gasteiger partial charge in [0, 0.05) is 32.2 Å². The van der Waals surface area contributed by atoms with Gasteiger partial charge in [-0.1, -0.05) is 30.7 Å². The quantitative estimate of drug-likeness (QED) is 0.707. The van der Waals surface area contributed by atoms with E-state index >= 15 is 0 Å². The summed E-state index contributed by atoms with van der Waals surface area (Å²) in [5.74, 6) is -0.275. The number of carbonyl (C=O) groups is 2. The number of nitrogens with zero attached hydrogens (tertiary/aromatic N) is 1. The molecule has 0 aromatic heterocycles. The minimum atomic E-state index is -3.44. The maximum atomic E-state index is 12.7. The van der Waals surface area contributed by atoms with Crippen molar-refractivity contribution in [3.63, 3.8) is 0 Å². The third-order valence-electron chi connectivity index (χ3n) is 5.00. The van der Waals surface area contributed by atoms with Crippen molar-refractivity contribution in [2.45, 2.75) is 44.0 Å². The van der Waals surface area contributed by atoms with Crippen LogP contribution in [0.4, 0.5) is 5.69 Å². The SMILES string of the molecule is CC(=O)Nc1ccc(CC(=O)NCc2ccc(S(=O)(=O)N3CCCCC3)cc2)cc1. The maximum Gasteiger partial charge on any atom is 0.243 e. The number of hydrogen-bond acceptors (Lipinski definition) is 4. The lowest BCUT2D eigenvalue weighted by Gasteiger charge is -2.25. The molecule has 160 valence electrons. The zero-order valence-electron chi connectivity index (χ0n) is 17.1. The normalized spacial score (nSPS) is 14.8. The van der Waals surface area contributed by atoms with E-state index in [0.717, 1.165) is 30.4 Å².